The number of aromatic nitrogens is 2. The molecule has 2 aliphatic heterocycles. The molecule has 0 saturated carbocycles. The first-order valence-corrected chi connectivity index (χ1v) is 14.3. The van der Waals surface area contributed by atoms with E-state index in [0.29, 0.717) is 29.4 Å². The van der Waals surface area contributed by atoms with Crippen molar-refractivity contribution in [1.29, 1.82) is 0 Å². The number of anilines is 1. The fourth-order valence-corrected chi connectivity index (χ4v) is 6.92. The summed E-state index contributed by atoms with van der Waals surface area (Å²) in [5.41, 5.74) is 0.637. The molecular weight excluding hydrogens is 545 g/mol. The largest absolute Gasteiger partial charge is 0.305 e. The second kappa shape index (κ2) is 10.6. The number of carbonyl (C=O) groups is 1. The van der Waals surface area contributed by atoms with E-state index in [1.54, 1.807) is 26.0 Å². The van der Waals surface area contributed by atoms with Gasteiger partial charge < -0.3 is 10.2 Å². The number of piperazine rings is 1. The molecule has 1 amide bonds. The normalized spacial score (nSPS) is 18.4. The number of nitrogens with one attached hydrogen (secondary N) is 2. The van der Waals surface area contributed by atoms with Gasteiger partial charge in [0.05, 0.1) is 10.5 Å². The highest BCUT2D eigenvalue weighted by molar-refractivity contribution is 7.89. The summed E-state index contributed by atoms with van der Waals surface area (Å²) in [5.74, 6) is -3.34. The Balaban J connectivity index is 1.43. The molecular formula is C27H31F3N6O3S. The molecule has 13 heteroatoms. The summed E-state index contributed by atoms with van der Waals surface area (Å²) in [4.78, 5) is 17.3. The van der Waals surface area contributed by atoms with E-state index in [0.717, 1.165) is 42.6 Å². The molecule has 1 fully saturated rings. The van der Waals surface area contributed by atoms with Crippen LogP contribution in [0.25, 0.3) is 0 Å². The second-order valence-electron chi connectivity index (χ2n) is 11.0. The van der Waals surface area contributed by atoms with Crippen LogP contribution in [0.1, 0.15) is 41.0 Å². The van der Waals surface area contributed by atoms with Crippen LogP contribution in [0.15, 0.2) is 41.3 Å². The topological polar surface area (TPSA) is 102 Å². The minimum absolute atomic E-state index is 0.00146. The Hall–Kier alpha value is -3.26. The minimum atomic E-state index is -4.30. The summed E-state index contributed by atoms with van der Waals surface area (Å²) >= 11 is 0. The first kappa shape index (κ1) is 28.3. The van der Waals surface area contributed by atoms with Crippen molar-refractivity contribution in [2.45, 2.75) is 37.2 Å². The van der Waals surface area contributed by atoms with E-state index in [1.165, 1.54) is 6.07 Å². The van der Waals surface area contributed by atoms with Crippen molar-refractivity contribution in [2.24, 2.45) is 0 Å². The van der Waals surface area contributed by atoms with E-state index in [9.17, 15) is 22.0 Å². The standard InChI is InChI=1S/C27H31F3N6O3S/c1-27(2)16-36(40(38,39)20-12-18(28)11-19(29)13-20)15-21-24(27)32-33-25(21)31-26(37)23-17(5-4-6-22(23)30)14-35-9-7-34(3)8-10-35/h4-6,11-13H,7-10,14-16H2,1-3H3,(H2,31,32,33,37). The first-order valence-electron chi connectivity index (χ1n) is 12.9. The third kappa shape index (κ3) is 5.51. The van der Waals surface area contributed by atoms with Crippen molar-refractivity contribution in [2.75, 3.05) is 45.1 Å². The number of H-pyrrole nitrogens is 1. The number of nitrogens with zero attached hydrogens (tertiary/aromatic N) is 4. The van der Waals surface area contributed by atoms with Crippen LogP contribution in [-0.4, -0.2) is 78.4 Å². The second-order valence-corrected chi connectivity index (χ2v) is 12.9. The van der Waals surface area contributed by atoms with Crippen molar-refractivity contribution in [1.82, 2.24) is 24.3 Å². The lowest BCUT2D eigenvalue weighted by Gasteiger charge is -2.36. The molecule has 0 atom stereocenters. The van der Waals surface area contributed by atoms with Gasteiger partial charge in [0, 0.05) is 68.6 Å². The molecule has 40 heavy (non-hydrogen) atoms. The average molecular weight is 577 g/mol. The van der Waals surface area contributed by atoms with Crippen LogP contribution in [0, 0.1) is 17.5 Å². The van der Waals surface area contributed by atoms with Gasteiger partial charge in [0.25, 0.3) is 5.91 Å². The summed E-state index contributed by atoms with van der Waals surface area (Å²) in [6, 6.07) is 6.62. The van der Waals surface area contributed by atoms with Crippen molar-refractivity contribution < 1.29 is 26.4 Å². The van der Waals surface area contributed by atoms with Gasteiger partial charge in [0.2, 0.25) is 10.0 Å². The fraction of sp³-hybridized carbons (Fsp3) is 0.407. The molecule has 1 saturated heterocycles. The Morgan fingerprint density at radius 2 is 1.75 bits per heavy atom. The van der Waals surface area contributed by atoms with Crippen LogP contribution >= 0.6 is 0 Å². The van der Waals surface area contributed by atoms with Crippen LogP contribution in [0.2, 0.25) is 0 Å². The average Bonchev–Trinajstić information content (AvgIpc) is 3.28. The summed E-state index contributed by atoms with van der Waals surface area (Å²) in [5, 5.41) is 9.78. The lowest BCUT2D eigenvalue weighted by Crippen LogP contribution is -2.45. The Morgan fingerprint density at radius 3 is 2.42 bits per heavy atom. The molecule has 0 aliphatic carbocycles. The third-order valence-corrected chi connectivity index (χ3v) is 9.24. The zero-order valence-electron chi connectivity index (χ0n) is 22.5. The number of hydrogen-bond acceptors (Lipinski definition) is 6. The van der Waals surface area contributed by atoms with Gasteiger partial charge in [-0.1, -0.05) is 26.0 Å². The maximum atomic E-state index is 15.0. The molecule has 1 aromatic heterocycles. The number of rotatable bonds is 6. The van der Waals surface area contributed by atoms with E-state index < -0.39 is 43.7 Å². The number of sulfonamides is 1. The van der Waals surface area contributed by atoms with E-state index in [1.807, 2.05) is 7.05 Å². The number of halogens is 3. The van der Waals surface area contributed by atoms with E-state index in [2.05, 4.69) is 25.3 Å². The lowest BCUT2D eigenvalue weighted by molar-refractivity contribution is 0.101. The number of amides is 1. The predicted molar refractivity (Wildman–Crippen MR) is 143 cm³/mol. The molecule has 0 unspecified atom stereocenters. The quantitative estimate of drug-likeness (QED) is 0.467. The molecule has 2 N–H and O–H groups in total. The SMILES string of the molecule is CN1CCN(Cc2cccc(F)c2C(=O)Nc2n[nH]c3c2CN(S(=O)(=O)c2cc(F)cc(F)c2)CC3(C)C)CC1. The molecule has 0 bridgehead atoms. The number of likely N-dealkylation sites (N-methyl/N-ethyl adjacent to an activating group) is 1. The Kier molecular flexibility index (Phi) is 7.50. The lowest BCUT2D eigenvalue weighted by atomic mass is 9.84. The summed E-state index contributed by atoms with van der Waals surface area (Å²) in [6.07, 6.45) is 0. The number of benzene rings is 2. The van der Waals surface area contributed by atoms with Crippen molar-refractivity contribution >= 4 is 21.7 Å². The highest BCUT2D eigenvalue weighted by atomic mass is 32.2. The van der Waals surface area contributed by atoms with Crippen molar-refractivity contribution in [3.8, 4) is 0 Å². The smallest absolute Gasteiger partial charge is 0.260 e. The summed E-state index contributed by atoms with van der Waals surface area (Å²) < 4.78 is 70.6. The van der Waals surface area contributed by atoms with E-state index in [-0.39, 0.29) is 24.5 Å². The van der Waals surface area contributed by atoms with Crippen molar-refractivity contribution in [3.05, 3.63) is 76.2 Å². The maximum Gasteiger partial charge on any atom is 0.260 e. The molecule has 0 radical (unpaired) electrons. The third-order valence-electron chi connectivity index (χ3n) is 7.47. The van der Waals surface area contributed by atoms with Gasteiger partial charge in [-0.3, -0.25) is 14.8 Å². The molecule has 9 nitrogen and oxygen atoms in total. The Morgan fingerprint density at radius 1 is 1.07 bits per heavy atom. The van der Waals surface area contributed by atoms with E-state index >= 15 is 4.39 Å². The van der Waals surface area contributed by atoms with Gasteiger partial charge >= 0.3 is 0 Å². The first-order chi connectivity index (χ1) is 18.8. The van der Waals surface area contributed by atoms with Crippen LogP contribution in [0.4, 0.5) is 19.0 Å². The number of carbonyl (C=O) groups excluding carboxylic acids is 1. The molecule has 2 aromatic carbocycles. The van der Waals surface area contributed by atoms with Crippen LogP contribution in [-0.2, 0) is 28.5 Å². The highest BCUT2D eigenvalue weighted by Gasteiger charge is 2.41. The minimum Gasteiger partial charge on any atom is -0.305 e. The maximum absolute atomic E-state index is 15.0. The molecule has 3 aromatic rings. The van der Waals surface area contributed by atoms with Gasteiger partial charge in [-0.25, -0.2) is 21.6 Å². The van der Waals surface area contributed by atoms with Crippen molar-refractivity contribution in [3.63, 3.8) is 0 Å². The molecule has 214 valence electrons. The van der Waals surface area contributed by atoms with Gasteiger partial charge in [0.1, 0.15) is 17.5 Å². The molecule has 2 aliphatic rings. The molecule has 5 rings (SSSR count). The highest BCUT2D eigenvalue weighted by Crippen LogP contribution is 2.38. The number of aromatic amines is 1. The van der Waals surface area contributed by atoms with Gasteiger partial charge in [0.15, 0.2) is 5.82 Å². The zero-order valence-corrected chi connectivity index (χ0v) is 23.3. The molecule has 0 spiro atoms. The number of hydrogen-bond donors (Lipinski definition) is 2. The monoisotopic (exact) mass is 576 g/mol. The van der Waals surface area contributed by atoms with Crippen LogP contribution in [0.3, 0.4) is 0 Å². The summed E-state index contributed by atoms with van der Waals surface area (Å²) in [7, 11) is -2.27. The number of fused-ring (bicyclic) bond motifs is 1. The zero-order chi connectivity index (χ0) is 28.8. The van der Waals surface area contributed by atoms with Gasteiger partial charge in [-0.15, -0.1) is 0 Å². The predicted octanol–water partition coefficient (Wildman–Crippen LogP) is 3.31. The van der Waals surface area contributed by atoms with Gasteiger partial charge in [-0.05, 0) is 30.8 Å². The van der Waals surface area contributed by atoms with E-state index in [4.69, 9.17) is 0 Å². The summed E-state index contributed by atoms with van der Waals surface area (Å²) in [6.45, 7) is 7.07. The fourth-order valence-electron chi connectivity index (χ4n) is 5.30. The van der Waals surface area contributed by atoms with Gasteiger partial charge in [-0.2, -0.15) is 9.40 Å². The molecule has 3 heterocycles. The Bertz CT molecular complexity index is 1530. The van der Waals surface area contributed by atoms with Crippen LogP contribution in [0.5, 0.6) is 0 Å². The van der Waals surface area contributed by atoms with Crippen LogP contribution < -0.4 is 5.32 Å². The Labute approximate surface area is 231 Å².